The molecule has 0 radical (unpaired) electrons. The molecule has 1 aromatic rings. The van der Waals surface area contributed by atoms with E-state index in [2.05, 4.69) is 0 Å². The third kappa shape index (κ3) is 1.16. The molecule has 0 saturated heterocycles. The Morgan fingerprint density at radius 2 is 2.42 bits per heavy atom. The van der Waals surface area contributed by atoms with Crippen molar-refractivity contribution < 1.29 is 14.2 Å². The van der Waals surface area contributed by atoms with Crippen LogP contribution in [0.15, 0.2) is 18.2 Å². The first kappa shape index (κ1) is 7.55. The molecule has 0 aromatic heterocycles. The third-order valence-electron chi connectivity index (χ3n) is 1.97. The average molecular weight is 168 g/mol. The van der Waals surface area contributed by atoms with Gasteiger partial charge in [-0.3, -0.25) is 0 Å². The Morgan fingerprint density at radius 1 is 1.58 bits per heavy atom. The molecule has 1 atom stereocenters. The summed E-state index contributed by atoms with van der Waals surface area (Å²) in [7, 11) is 0. The molecule has 2 rings (SSSR count). The first-order valence-corrected chi connectivity index (χ1v) is 3.85. The quantitative estimate of drug-likeness (QED) is 0.681. The predicted octanol–water partition coefficient (Wildman–Crippen LogP) is 1.12. The van der Waals surface area contributed by atoms with E-state index < -0.39 is 0 Å². The Hall–Kier alpha value is -1.09. The maximum absolute atomic E-state index is 12.7. The predicted molar refractivity (Wildman–Crippen MR) is 41.6 cm³/mol. The topological polar surface area (TPSA) is 29.5 Å². The van der Waals surface area contributed by atoms with Crippen LogP contribution in [0.3, 0.4) is 0 Å². The van der Waals surface area contributed by atoms with Gasteiger partial charge in [0.2, 0.25) is 0 Å². The molecular formula is C9H9FO2. The van der Waals surface area contributed by atoms with Crippen molar-refractivity contribution >= 4 is 0 Å². The molecule has 1 aromatic carbocycles. The molecule has 1 heterocycles. The smallest absolute Gasteiger partial charge is 0.126 e. The minimum atomic E-state index is -0.299. The maximum Gasteiger partial charge on any atom is 0.126 e. The molecule has 0 bridgehead atoms. The second-order valence-corrected chi connectivity index (χ2v) is 2.88. The number of fused-ring (bicyclic) bond motifs is 1. The highest BCUT2D eigenvalue weighted by Crippen LogP contribution is 2.28. The fraction of sp³-hybridized carbons (Fsp3) is 0.333. The van der Waals surface area contributed by atoms with Crippen molar-refractivity contribution in [2.75, 3.05) is 6.61 Å². The molecule has 0 spiro atoms. The van der Waals surface area contributed by atoms with Crippen molar-refractivity contribution in [1.29, 1.82) is 0 Å². The van der Waals surface area contributed by atoms with Gasteiger partial charge in [0.1, 0.15) is 17.7 Å². The molecule has 3 heteroatoms. The van der Waals surface area contributed by atoms with Crippen LogP contribution < -0.4 is 4.74 Å². The zero-order chi connectivity index (χ0) is 8.55. The Kier molecular flexibility index (Phi) is 1.73. The van der Waals surface area contributed by atoms with Gasteiger partial charge in [-0.05, 0) is 11.6 Å². The number of hydrogen-bond donors (Lipinski definition) is 1. The fourth-order valence-electron chi connectivity index (χ4n) is 1.38. The van der Waals surface area contributed by atoms with Crippen molar-refractivity contribution in [3.05, 3.63) is 29.6 Å². The van der Waals surface area contributed by atoms with Gasteiger partial charge in [0.25, 0.3) is 0 Å². The summed E-state index contributed by atoms with van der Waals surface area (Å²) in [5, 5.41) is 8.79. The normalized spacial score (nSPS) is 20.3. The van der Waals surface area contributed by atoms with Gasteiger partial charge in [0, 0.05) is 12.5 Å². The second-order valence-electron chi connectivity index (χ2n) is 2.88. The number of aliphatic hydroxyl groups is 1. The summed E-state index contributed by atoms with van der Waals surface area (Å²) in [6.07, 6.45) is 0.480. The van der Waals surface area contributed by atoms with E-state index in [9.17, 15) is 4.39 Å². The minimum absolute atomic E-state index is 0.0176. The largest absolute Gasteiger partial charge is 0.487 e. The van der Waals surface area contributed by atoms with Crippen molar-refractivity contribution in [2.45, 2.75) is 12.5 Å². The van der Waals surface area contributed by atoms with E-state index in [0.29, 0.717) is 12.2 Å². The van der Waals surface area contributed by atoms with Gasteiger partial charge in [-0.25, -0.2) is 4.39 Å². The summed E-state index contributed by atoms with van der Waals surface area (Å²) < 4.78 is 17.9. The van der Waals surface area contributed by atoms with Crippen molar-refractivity contribution in [1.82, 2.24) is 0 Å². The van der Waals surface area contributed by atoms with Crippen molar-refractivity contribution in [2.24, 2.45) is 0 Å². The number of hydrogen-bond acceptors (Lipinski definition) is 2. The Balaban J connectivity index is 2.30. The summed E-state index contributed by atoms with van der Waals surface area (Å²) in [5.74, 6) is 0.265. The standard InChI is InChI=1S/C9H9FO2/c10-7-2-1-6-3-8(5-11)12-9(6)4-7/h1-2,4,8,11H,3,5H2. The van der Waals surface area contributed by atoms with E-state index in [-0.39, 0.29) is 18.5 Å². The zero-order valence-corrected chi connectivity index (χ0v) is 6.46. The summed E-state index contributed by atoms with van der Waals surface area (Å²) in [6.45, 7) is -0.0176. The van der Waals surface area contributed by atoms with Gasteiger partial charge in [-0.15, -0.1) is 0 Å². The van der Waals surface area contributed by atoms with Crippen LogP contribution in [0.1, 0.15) is 5.56 Å². The molecule has 1 unspecified atom stereocenters. The lowest BCUT2D eigenvalue weighted by molar-refractivity contribution is 0.134. The Labute approximate surface area is 69.6 Å². The van der Waals surface area contributed by atoms with E-state index >= 15 is 0 Å². The van der Waals surface area contributed by atoms with Crippen LogP contribution in [0.4, 0.5) is 4.39 Å². The zero-order valence-electron chi connectivity index (χ0n) is 6.46. The van der Waals surface area contributed by atoms with E-state index in [4.69, 9.17) is 9.84 Å². The molecule has 0 fully saturated rings. The first-order valence-electron chi connectivity index (χ1n) is 3.85. The van der Waals surface area contributed by atoms with Crippen LogP contribution >= 0.6 is 0 Å². The van der Waals surface area contributed by atoms with E-state index in [0.717, 1.165) is 5.56 Å². The van der Waals surface area contributed by atoms with Gasteiger partial charge >= 0.3 is 0 Å². The summed E-state index contributed by atoms with van der Waals surface area (Å²) in [4.78, 5) is 0. The maximum atomic E-state index is 12.7. The molecule has 1 N–H and O–H groups in total. The van der Waals surface area contributed by atoms with Crippen LogP contribution in [0.25, 0.3) is 0 Å². The van der Waals surface area contributed by atoms with Gasteiger partial charge in [-0.1, -0.05) is 6.07 Å². The highest BCUT2D eigenvalue weighted by molar-refractivity contribution is 5.37. The SMILES string of the molecule is OCC1Cc2ccc(F)cc2O1. The minimum Gasteiger partial charge on any atom is -0.487 e. The molecule has 0 amide bonds. The van der Waals surface area contributed by atoms with Gasteiger partial charge in [0.05, 0.1) is 6.61 Å². The molecule has 0 aliphatic carbocycles. The van der Waals surface area contributed by atoms with E-state index in [1.54, 1.807) is 6.07 Å². The van der Waals surface area contributed by atoms with E-state index in [1.165, 1.54) is 12.1 Å². The highest BCUT2D eigenvalue weighted by atomic mass is 19.1. The molecule has 1 aliphatic heterocycles. The second kappa shape index (κ2) is 2.75. The lowest BCUT2D eigenvalue weighted by Gasteiger charge is -2.04. The monoisotopic (exact) mass is 168 g/mol. The first-order chi connectivity index (χ1) is 5.79. The van der Waals surface area contributed by atoms with Crippen molar-refractivity contribution in [3.63, 3.8) is 0 Å². The average Bonchev–Trinajstić information content (AvgIpc) is 2.46. The third-order valence-corrected chi connectivity index (χ3v) is 1.97. The lowest BCUT2D eigenvalue weighted by atomic mass is 10.1. The highest BCUT2D eigenvalue weighted by Gasteiger charge is 2.21. The molecule has 1 aliphatic rings. The van der Waals surface area contributed by atoms with Crippen molar-refractivity contribution in [3.8, 4) is 5.75 Å². The van der Waals surface area contributed by atoms with Crippen LogP contribution in [0, 0.1) is 5.82 Å². The van der Waals surface area contributed by atoms with E-state index in [1.807, 2.05) is 0 Å². The number of halogens is 1. The molecule has 12 heavy (non-hydrogen) atoms. The number of aliphatic hydroxyl groups excluding tert-OH is 1. The number of ether oxygens (including phenoxy) is 1. The van der Waals surface area contributed by atoms with Crippen LogP contribution in [-0.4, -0.2) is 17.8 Å². The van der Waals surface area contributed by atoms with Crippen LogP contribution in [-0.2, 0) is 6.42 Å². The van der Waals surface area contributed by atoms with Gasteiger partial charge in [-0.2, -0.15) is 0 Å². The molecule has 64 valence electrons. The number of rotatable bonds is 1. The summed E-state index contributed by atoms with van der Waals surface area (Å²) in [6, 6.07) is 4.45. The lowest BCUT2D eigenvalue weighted by Crippen LogP contribution is -2.17. The summed E-state index contributed by atoms with van der Waals surface area (Å²) >= 11 is 0. The van der Waals surface area contributed by atoms with Crippen LogP contribution in [0.2, 0.25) is 0 Å². The number of benzene rings is 1. The fourth-order valence-corrected chi connectivity index (χ4v) is 1.38. The van der Waals surface area contributed by atoms with Crippen LogP contribution in [0.5, 0.6) is 5.75 Å². The Bertz CT molecular complexity index is 299. The Morgan fingerprint density at radius 3 is 3.17 bits per heavy atom. The van der Waals surface area contributed by atoms with Gasteiger partial charge in [0.15, 0.2) is 0 Å². The summed E-state index contributed by atoms with van der Waals surface area (Å²) in [5.41, 5.74) is 0.968. The van der Waals surface area contributed by atoms with Gasteiger partial charge < -0.3 is 9.84 Å². The molecular weight excluding hydrogens is 159 g/mol. The molecule has 0 saturated carbocycles. The molecule has 2 nitrogen and oxygen atoms in total.